The second-order valence-corrected chi connectivity index (χ2v) is 3.68. The number of carbonyl (C=O) groups excluding carboxylic acids is 1. The van der Waals surface area contributed by atoms with Crippen molar-refractivity contribution in [3.05, 3.63) is 48.4 Å². The fraction of sp³-hybridized carbons (Fsp3) is 0.0769. The highest BCUT2D eigenvalue weighted by atomic mass is 19.1. The predicted octanol–water partition coefficient (Wildman–Crippen LogP) is 2.87. The van der Waals surface area contributed by atoms with Crippen LogP contribution < -0.4 is 15.4 Å². The molecule has 2 aromatic rings. The number of aromatic nitrogens is 1. The molecular weight excluding hydrogens is 249 g/mol. The lowest BCUT2D eigenvalue weighted by Gasteiger charge is -2.08. The number of halogens is 1. The first kappa shape index (κ1) is 12.8. The van der Waals surface area contributed by atoms with E-state index in [1.165, 1.54) is 31.5 Å². The van der Waals surface area contributed by atoms with Crippen LogP contribution in [0.3, 0.4) is 0 Å². The highest BCUT2D eigenvalue weighted by Gasteiger charge is 2.04. The summed E-state index contributed by atoms with van der Waals surface area (Å²) in [5.41, 5.74) is 0.902. The molecule has 1 aromatic carbocycles. The Morgan fingerprint density at radius 3 is 2.63 bits per heavy atom. The van der Waals surface area contributed by atoms with E-state index in [-0.39, 0.29) is 0 Å². The second kappa shape index (κ2) is 5.81. The number of anilines is 2. The number of pyridine rings is 1. The fourth-order valence-corrected chi connectivity index (χ4v) is 1.46. The number of rotatable bonds is 3. The van der Waals surface area contributed by atoms with Crippen LogP contribution in [0.1, 0.15) is 0 Å². The molecule has 98 valence electrons. The van der Waals surface area contributed by atoms with Crippen LogP contribution in [0.25, 0.3) is 0 Å². The molecule has 1 heterocycles. The lowest BCUT2D eigenvalue weighted by Crippen LogP contribution is -2.19. The molecule has 0 fully saturated rings. The first-order valence-corrected chi connectivity index (χ1v) is 5.51. The minimum atomic E-state index is -0.473. The smallest absolute Gasteiger partial charge is 0.323 e. The van der Waals surface area contributed by atoms with Crippen molar-refractivity contribution >= 4 is 17.4 Å². The second-order valence-electron chi connectivity index (χ2n) is 3.68. The van der Waals surface area contributed by atoms with E-state index in [1.54, 1.807) is 18.2 Å². The largest absolute Gasteiger partial charge is 0.481 e. The third-order valence-electron chi connectivity index (χ3n) is 2.28. The zero-order chi connectivity index (χ0) is 13.7. The van der Waals surface area contributed by atoms with Gasteiger partial charge in [-0.15, -0.1) is 0 Å². The molecule has 0 unspecified atom stereocenters. The van der Waals surface area contributed by atoms with Gasteiger partial charge in [-0.25, -0.2) is 14.2 Å². The number of hydrogen-bond donors (Lipinski definition) is 2. The van der Waals surface area contributed by atoms with E-state index in [0.717, 1.165) is 0 Å². The van der Waals surface area contributed by atoms with Gasteiger partial charge in [0.15, 0.2) is 0 Å². The molecule has 2 rings (SSSR count). The molecular formula is C13H12FN3O2. The first-order chi connectivity index (χ1) is 9.17. The SMILES string of the molecule is COc1cc(NC(=O)Nc2cccc(F)c2)ccn1. The lowest BCUT2D eigenvalue weighted by molar-refractivity contribution is 0.262. The van der Waals surface area contributed by atoms with E-state index in [0.29, 0.717) is 17.3 Å². The summed E-state index contributed by atoms with van der Waals surface area (Å²) in [5.74, 6) is -0.0214. The third-order valence-corrected chi connectivity index (χ3v) is 2.28. The highest BCUT2D eigenvalue weighted by molar-refractivity contribution is 5.99. The number of urea groups is 1. The summed E-state index contributed by atoms with van der Waals surface area (Å²) < 4.78 is 17.9. The van der Waals surface area contributed by atoms with Crippen LogP contribution in [0.15, 0.2) is 42.6 Å². The van der Waals surface area contributed by atoms with Crippen molar-refractivity contribution in [2.45, 2.75) is 0 Å². The topological polar surface area (TPSA) is 63.2 Å². The molecule has 1 aromatic heterocycles. The maximum atomic E-state index is 12.9. The molecule has 0 aliphatic carbocycles. The van der Waals surface area contributed by atoms with Crippen LogP contribution in [0.5, 0.6) is 5.88 Å². The number of nitrogens with one attached hydrogen (secondary N) is 2. The maximum Gasteiger partial charge on any atom is 0.323 e. The molecule has 0 aliphatic heterocycles. The average Bonchev–Trinajstić information content (AvgIpc) is 2.38. The predicted molar refractivity (Wildman–Crippen MR) is 69.8 cm³/mol. The standard InChI is InChI=1S/C13H12FN3O2/c1-19-12-8-11(5-6-15-12)17-13(18)16-10-4-2-3-9(14)7-10/h2-8H,1H3,(H2,15,16,17,18). The number of ether oxygens (including phenoxy) is 1. The molecule has 0 saturated heterocycles. The zero-order valence-corrected chi connectivity index (χ0v) is 10.2. The summed E-state index contributed by atoms with van der Waals surface area (Å²) in [6.07, 6.45) is 1.51. The van der Waals surface area contributed by atoms with Crippen LogP contribution in [0, 0.1) is 5.82 Å². The Morgan fingerprint density at radius 2 is 1.95 bits per heavy atom. The number of carbonyl (C=O) groups is 1. The van der Waals surface area contributed by atoms with Gasteiger partial charge >= 0.3 is 6.03 Å². The summed E-state index contributed by atoms with van der Waals surface area (Å²) in [6, 6.07) is 8.36. The van der Waals surface area contributed by atoms with Gasteiger partial charge in [0.2, 0.25) is 5.88 Å². The van der Waals surface area contributed by atoms with E-state index in [9.17, 15) is 9.18 Å². The molecule has 0 aliphatic rings. The van der Waals surface area contributed by atoms with Crippen molar-refractivity contribution in [2.24, 2.45) is 0 Å². The Hall–Kier alpha value is -2.63. The Morgan fingerprint density at radius 1 is 1.21 bits per heavy atom. The van der Waals surface area contributed by atoms with Gasteiger partial charge in [-0.1, -0.05) is 6.07 Å². The highest BCUT2D eigenvalue weighted by Crippen LogP contribution is 2.14. The molecule has 0 spiro atoms. The zero-order valence-electron chi connectivity index (χ0n) is 10.2. The molecule has 2 N–H and O–H groups in total. The molecule has 0 bridgehead atoms. The molecule has 2 amide bonds. The van der Waals surface area contributed by atoms with Gasteiger partial charge in [0.1, 0.15) is 5.82 Å². The molecule has 0 atom stereocenters. The average molecular weight is 261 g/mol. The van der Waals surface area contributed by atoms with E-state index in [2.05, 4.69) is 15.6 Å². The van der Waals surface area contributed by atoms with Gasteiger partial charge in [-0.2, -0.15) is 0 Å². The van der Waals surface area contributed by atoms with Crippen molar-refractivity contribution < 1.29 is 13.9 Å². The van der Waals surface area contributed by atoms with Gasteiger partial charge in [-0.05, 0) is 24.3 Å². The Labute approximate surface area is 109 Å². The summed E-state index contributed by atoms with van der Waals surface area (Å²) in [7, 11) is 1.49. The number of nitrogens with zero attached hydrogens (tertiary/aromatic N) is 1. The fourth-order valence-electron chi connectivity index (χ4n) is 1.46. The van der Waals surface area contributed by atoms with Crippen LogP contribution >= 0.6 is 0 Å². The summed E-state index contributed by atoms with van der Waals surface area (Å²) in [6.45, 7) is 0. The Balaban J connectivity index is 2.01. The van der Waals surface area contributed by atoms with Crippen LogP contribution in [-0.4, -0.2) is 18.1 Å². The molecule has 19 heavy (non-hydrogen) atoms. The maximum absolute atomic E-state index is 12.9. The van der Waals surface area contributed by atoms with Crippen molar-refractivity contribution in [1.29, 1.82) is 0 Å². The normalized spacial score (nSPS) is 9.79. The summed E-state index contributed by atoms with van der Waals surface area (Å²) in [5, 5.41) is 5.11. The minimum Gasteiger partial charge on any atom is -0.481 e. The number of amides is 2. The monoisotopic (exact) mass is 261 g/mol. The molecule has 0 radical (unpaired) electrons. The number of methoxy groups -OCH3 is 1. The minimum absolute atomic E-state index is 0.374. The Kier molecular flexibility index (Phi) is 3.92. The van der Waals surface area contributed by atoms with E-state index >= 15 is 0 Å². The van der Waals surface area contributed by atoms with Crippen molar-refractivity contribution in [1.82, 2.24) is 4.98 Å². The van der Waals surface area contributed by atoms with Gasteiger partial charge in [0.25, 0.3) is 0 Å². The molecule has 0 saturated carbocycles. The van der Waals surface area contributed by atoms with E-state index in [1.807, 2.05) is 0 Å². The summed E-state index contributed by atoms with van der Waals surface area (Å²) in [4.78, 5) is 15.6. The molecule has 6 heteroatoms. The van der Waals surface area contributed by atoms with E-state index in [4.69, 9.17) is 4.74 Å². The van der Waals surface area contributed by atoms with E-state index < -0.39 is 11.8 Å². The number of benzene rings is 1. The van der Waals surface area contributed by atoms with Gasteiger partial charge in [0.05, 0.1) is 7.11 Å². The van der Waals surface area contributed by atoms with Gasteiger partial charge < -0.3 is 15.4 Å². The van der Waals surface area contributed by atoms with Crippen LogP contribution in [0.4, 0.5) is 20.6 Å². The number of hydrogen-bond acceptors (Lipinski definition) is 3. The van der Waals surface area contributed by atoms with Crippen LogP contribution in [-0.2, 0) is 0 Å². The van der Waals surface area contributed by atoms with Crippen molar-refractivity contribution in [2.75, 3.05) is 17.7 Å². The summed E-state index contributed by atoms with van der Waals surface area (Å²) >= 11 is 0. The quantitative estimate of drug-likeness (QED) is 0.893. The third kappa shape index (κ3) is 3.67. The molecule has 5 nitrogen and oxygen atoms in total. The van der Waals surface area contributed by atoms with Crippen LogP contribution in [0.2, 0.25) is 0 Å². The van der Waals surface area contributed by atoms with Gasteiger partial charge in [0, 0.05) is 23.6 Å². The van der Waals surface area contributed by atoms with Gasteiger partial charge in [-0.3, -0.25) is 0 Å². The Bertz CT molecular complexity index is 590. The van der Waals surface area contributed by atoms with Crippen molar-refractivity contribution in [3.63, 3.8) is 0 Å². The first-order valence-electron chi connectivity index (χ1n) is 5.51. The van der Waals surface area contributed by atoms with Crippen molar-refractivity contribution in [3.8, 4) is 5.88 Å². The lowest BCUT2D eigenvalue weighted by atomic mass is 10.3.